The molecule has 0 spiro atoms. The minimum Gasteiger partial charge on any atom is -0.644 e. The lowest BCUT2D eigenvalue weighted by Gasteiger charge is -2.10. The molecule has 3 nitrogen and oxygen atoms in total. The highest BCUT2D eigenvalue weighted by atomic mass is 27.1. The van der Waals surface area contributed by atoms with Gasteiger partial charge in [-0.2, -0.15) is 0 Å². The number of hydrogen-bond acceptors (Lipinski definition) is 3. The van der Waals surface area contributed by atoms with Crippen LogP contribution in [0.15, 0.2) is 83.3 Å². The van der Waals surface area contributed by atoms with E-state index in [4.69, 9.17) is 8.21 Å². The first-order valence-corrected chi connectivity index (χ1v) is 8.45. The molecule has 0 bridgehead atoms. The summed E-state index contributed by atoms with van der Waals surface area (Å²) >= 11 is -0.296. The highest BCUT2D eigenvalue weighted by Crippen LogP contribution is 2.31. The van der Waals surface area contributed by atoms with Crippen molar-refractivity contribution in [1.29, 1.82) is 0 Å². The topological polar surface area (TPSA) is 35.3 Å². The van der Waals surface area contributed by atoms with Gasteiger partial charge in [-0.3, -0.25) is 0 Å². The summed E-state index contributed by atoms with van der Waals surface area (Å²) in [7, 11) is 0. The van der Waals surface area contributed by atoms with Crippen LogP contribution in [-0.2, 0) is 0 Å². The zero-order chi connectivity index (χ0) is 15.5. The van der Waals surface area contributed by atoms with Crippen molar-refractivity contribution in [3.8, 4) is 17.2 Å². The Morgan fingerprint density at radius 2 is 1.52 bits per heavy atom. The number of hydrogen-bond donors (Lipinski definition) is 0. The molecule has 0 aliphatic carbocycles. The molecule has 0 amide bonds. The molecule has 0 unspecified atom stereocenters. The van der Waals surface area contributed by atoms with Crippen LogP contribution in [0.5, 0.6) is 5.75 Å². The molecular formula is C19H13AlNO2. The van der Waals surface area contributed by atoms with Crippen LogP contribution in [0.2, 0.25) is 0 Å². The first-order chi connectivity index (χ1) is 11.4. The monoisotopic (exact) mass is 314 g/mol. The van der Waals surface area contributed by atoms with Crippen LogP contribution in [-0.4, -0.2) is 20.5 Å². The quantitative estimate of drug-likeness (QED) is 0.537. The molecule has 1 radical (unpaired) electrons. The Morgan fingerprint density at radius 3 is 2.39 bits per heavy atom. The van der Waals surface area contributed by atoms with Crippen LogP contribution >= 0.6 is 0 Å². The first-order valence-electron chi connectivity index (χ1n) is 7.40. The minimum absolute atomic E-state index is 0.296. The molecular weight excluding hydrogens is 301 g/mol. The van der Waals surface area contributed by atoms with Crippen molar-refractivity contribution in [1.82, 2.24) is 4.98 Å². The molecule has 0 aliphatic heterocycles. The molecule has 4 rings (SSSR count). The number of nitrogens with zero attached hydrogens (tertiary/aromatic N) is 1. The molecule has 0 aliphatic rings. The lowest BCUT2D eigenvalue weighted by molar-refractivity contribution is 0.588. The Hall–Kier alpha value is -2.54. The molecule has 0 saturated carbocycles. The van der Waals surface area contributed by atoms with Crippen LogP contribution in [0, 0.1) is 0 Å². The van der Waals surface area contributed by atoms with E-state index in [2.05, 4.69) is 17.1 Å². The van der Waals surface area contributed by atoms with Gasteiger partial charge < -0.3 is 8.21 Å². The highest BCUT2D eigenvalue weighted by molar-refractivity contribution is 6.47. The van der Waals surface area contributed by atoms with Crippen molar-refractivity contribution >= 4 is 31.1 Å². The average Bonchev–Trinajstić information content (AvgIpc) is 3.05. The van der Waals surface area contributed by atoms with Gasteiger partial charge in [0.25, 0.3) is 0 Å². The van der Waals surface area contributed by atoms with Crippen LogP contribution < -0.4 is 8.21 Å². The molecule has 0 atom stereocenters. The van der Waals surface area contributed by atoms with Crippen molar-refractivity contribution in [3.05, 3.63) is 78.9 Å². The molecule has 23 heavy (non-hydrogen) atoms. The van der Waals surface area contributed by atoms with E-state index in [9.17, 15) is 0 Å². The van der Waals surface area contributed by atoms with E-state index in [-0.39, 0.29) is 15.6 Å². The van der Waals surface area contributed by atoms with Crippen LogP contribution in [0.1, 0.15) is 0 Å². The van der Waals surface area contributed by atoms with Gasteiger partial charge in [-0.25, -0.2) is 4.98 Å². The van der Waals surface area contributed by atoms with E-state index < -0.39 is 0 Å². The second-order valence-electron chi connectivity index (χ2n) is 5.13. The Labute approximate surface area is 140 Å². The number of benzene rings is 3. The van der Waals surface area contributed by atoms with Crippen molar-refractivity contribution in [2.45, 2.75) is 0 Å². The van der Waals surface area contributed by atoms with Gasteiger partial charge in [-0.05, 0) is 24.3 Å². The van der Waals surface area contributed by atoms with E-state index in [0.29, 0.717) is 5.89 Å². The van der Waals surface area contributed by atoms with Crippen molar-refractivity contribution < 1.29 is 8.21 Å². The summed E-state index contributed by atoms with van der Waals surface area (Å²) in [4.78, 5) is 4.56. The Kier molecular flexibility index (Phi) is 3.85. The van der Waals surface area contributed by atoms with Gasteiger partial charge in [0.1, 0.15) is 5.52 Å². The third-order valence-corrected chi connectivity index (χ3v) is 4.56. The lowest BCUT2D eigenvalue weighted by Crippen LogP contribution is -2.19. The number of fused-ring (bicyclic) bond motifs is 1. The molecule has 0 saturated heterocycles. The van der Waals surface area contributed by atoms with Crippen molar-refractivity contribution in [2.24, 2.45) is 0 Å². The number of oxazole rings is 1. The van der Waals surface area contributed by atoms with Gasteiger partial charge in [-0.1, -0.05) is 59.0 Å². The molecule has 1 heterocycles. The van der Waals surface area contributed by atoms with E-state index in [0.717, 1.165) is 22.4 Å². The summed E-state index contributed by atoms with van der Waals surface area (Å²) in [5, 5.41) is 0. The molecule has 0 N–H and O–H groups in total. The van der Waals surface area contributed by atoms with Crippen LogP contribution in [0.4, 0.5) is 0 Å². The number of aromatic nitrogens is 1. The largest absolute Gasteiger partial charge is 0.644 e. The van der Waals surface area contributed by atoms with E-state index in [1.807, 2.05) is 66.7 Å². The predicted molar refractivity (Wildman–Crippen MR) is 91.9 cm³/mol. The summed E-state index contributed by atoms with van der Waals surface area (Å²) in [5.74, 6) is 1.40. The van der Waals surface area contributed by atoms with Gasteiger partial charge in [0.15, 0.2) is 5.58 Å². The van der Waals surface area contributed by atoms with Crippen LogP contribution in [0.25, 0.3) is 22.6 Å². The molecule has 0 fully saturated rings. The minimum atomic E-state index is -0.296. The number of rotatable bonds is 4. The Bertz CT molecular complexity index is 901. The molecule has 4 aromatic rings. The summed E-state index contributed by atoms with van der Waals surface area (Å²) < 4.78 is 13.1. The van der Waals surface area contributed by atoms with Gasteiger partial charge in [-0.15, -0.1) is 0 Å². The molecule has 3 aromatic carbocycles. The molecule has 109 valence electrons. The second kappa shape index (κ2) is 6.30. The van der Waals surface area contributed by atoms with Gasteiger partial charge in [0.2, 0.25) is 5.89 Å². The summed E-state index contributed by atoms with van der Waals surface area (Å²) in [6, 6.07) is 25.9. The van der Waals surface area contributed by atoms with Crippen molar-refractivity contribution in [3.63, 3.8) is 0 Å². The summed E-state index contributed by atoms with van der Waals surface area (Å²) in [6.45, 7) is 0. The van der Waals surface area contributed by atoms with Crippen LogP contribution in [0.3, 0.4) is 0 Å². The third-order valence-electron chi connectivity index (χ3n) is 3.53. The SMILES string of the molecule is c1cc[c]([Al][O]c2ccccc2-c2nc3ccccc3o2)cc1. The first kappa shape index (κ1) is 14.1. The third kappa shape index (κ3) is 3.00. The highest BCUT2D eigenvalue weighted by Gasteiger charge is 2.13. The zero-order valence-electron chi connectivity index (χ0n) is 12.3. The average molecular weight is 314 g/mol. The fourth-order valence-corrected chi connectivity index (χ4v) is 3.24. The number of para-hydroxylation sites is 3. The smallest absolute Gasteiger partial charge is 0.570 e. The maximum atomic E-state index is 6.06. The fraction of sp³-hybridized carbons (Fsp3) is 0. The molecule has 1 aromatic heterocycles. The van der Waals surface area contributed by atoms with Crippen molar-refractivity contribution in [2.75, 3.05) is 0 Å². The lowest BCUT2D eigenvalue weighted by atomic mass is 10.2. The fourth-order valence-electron chi connectivity index (χ4n) is 2.40. The Balaban J connectivity index is 1.66. The zero-order valence-corrected chi connectivity index (χ0v) is 13.5. The normalized spacial score (nSPS) is 10.6. The van der Waals surface area contributed by atoms with Gasteiger partial charge in [0, 0.05) is 0 Å². The van der Waals surface area contributed by atoms with Gasteiger partial charge in [0.05, 0.1) is 11.3 Å². The maximum Gasteiger partial charge on any atom is 0.570 e. The van der Waals surface area contributed by atoms with E-state index >= 15 is 0 Å². The van der Waals surface area contributed by atoms with E-state index in [1.165, 1.54) is 4.43 Å². The molecule has 4 heteroatoms. The van der Waals surface area contributed by atoms with Gasteiger partial charge >= 0.3 is 15.6 Å². The summed E-state index contributed by atoms with van der Waals surface area (Å²) in [6.07, 6.45) is 0. The Morgan fingerprint density at radius 1 is 0.783 bits per heavy atom. The van der Waals surface area contributed by atoms with E-state index in [1.54, 1.807) is 0 Å². The maximum absolute atomic E-state index is 6.06. The predicted octanol–water partition coefficient (Wildman–Crippen LogP) is 3.82. The summed E-state index contributed by atoms with van der Waals surface area (Å²) in [5.41, 5.74) is 2.52. The second-order valence-corrected chi connectivity index (χ2v) is 6.27. The standard InChI is InChI=1S/C13H9NO2.C6H5.Al/c15-11-7-3-1-5-9(11)13-14-10-6-2-4-8-12(10)16-13;1-2-4-6-5-3-1;/h1-8,15H;1-5H;/q;;+1/p-1.